The summed E-state index contributed by atoms with van der Waals surface area (Å²) in [4.78, 5) is 27.7. The van der Waals surface area contributed by atoms with Crippen LogP contribution in [0.25, 0.3) is 0 Å². The number of benzene rings is 1. The van der Waals surface area contributed by atoms with E-state index in [1.807, 2.05) is 5.38 Å². The van der Waals surface area contributed by atoms with Gasteiger partial charge >= 0.3 is 0 Å². The molecule has 34 heavy (non-hydrogen) atoms. The smallest absolute Gasteiger partial charge is 0.280 e. The van der Waals surface area contributed by atoms with Crippen LogP contribution in [0.5, 0.6) is 0 Å². The summed E-state index contributed by atoms with van der Waals surface area (Å²) in [5.41, 5.74) is 0.375. The van der Waals surface area contributed by atoms with Crippen molar-refractivity contribution < 1.29 is 27.5 Å². The van der Waals surface area contributed by atoms with E-state index >= 15 is 0 Å². The van der Waals surface area contributed by atoms with Gasteiger partial charge in [-0.3, -0.25) is 10.1 Å². The lowest BCUT2D eigenvalue weighted by Crippen LogP contribution is -2.25. The van der Waals surface area contributed by atoms with Gasteiger partial charge in [0.2, 0.25) is 0 Å². The maximum absolute atomic E-state index is 13.0. The Morgan fingerprint density at radius 3 is 2.76 bits per heavy atom. The van der Waals surface area contributed by atoms with E-state index in [-0.39, 0.29) is 23.8 Å². The summed E-state index contributed by atoms with van der Waals surface area (Å²) in [6.07, 6.45) is 3.73. The molecule has 4 rings (SSSR count). The number of rotatable bonds is 10. The highest BCUT2D eigenvalue weighted by molar-refractivity contribution is 7.92. The van der Waals surface area contributed by atoms with Crippen molar-refractivity contribution in [3.63, 3.8) is 0 Å². The van der Waals surface area contributed by atoms with Crippen LogP contribution in [-0.2, 0) is 42.2 Å². The average Bonchev–Trinajstić information content (AvgIpc) is 3.60. The number of anilines is 1. The Balaban J connectivity index is 1.55. The van der Waals surface area contributed by atoms with Gasteiger partial charge in [-0.15, -0.1) is 11.3 Å². The van der Waals surface area contributed by atoms with E-state index in [1.165, 1.54) is 46.9 Å². The third-order valence-electron chi connectivity index (χ3n) is 4.89. The lowest BCUT2D eigenvalue weighted by atomic mass is 10.1. The normalized spacial score (nSPS) is 16.5. The van der Waals surface area contributed by atoms with Crippen molar-refractivity contribution in [3.05, 3.63) is 57.5 Å². The number of nitrogens with zero attached hydrogens (tertiary/aromatic N) is 3. The van der Waals surface area contributed by atoms with Crippen molar-refractivity contribution in [2.45, 2.75) is 29.8 Å². The summed E-state index contributed by atoms with van der Waals surface area (Å²) in [6, 6.07) is 6.00. The highest BCUT2D eigenvalue weighted by Gasteiger charge is 2.31. The first-order chi connectivity index (χ1) is 16.5. The highest BCUT2D eigenvalue weighted by atomic mass is 32.2. The van der Waals surface area contributed by atoms with Gasteiger partial charge in [-0.25, -0.2) is 18.4 Å². The number of hydrogen-bond acceptors (Lipinski definition) is 11. The van der Waals surface area contributed by atoms with Crippen molar-refractivity contribution in [2.24, 2.45) is 5.16 Å². The Labute approximate surface area is 204 Å². The summed E-state index contributed by atoms with van der Waals surface area (Å²) in [5, 5.41) is 9.06. The molecule has 2 aromatic heterocycles. The summed E-state index contributed by atoms with van der Waals surface area (Å²) in [6.45, 7) is 1.09. The average molecular weight is 523 g/mol. The maximum Gasteiger partial charge on any atom is 0.280 e. The molecule has 3 heterocycles. The van der Waals surface area contributed by atoms with Crippen molar-refractivity contribution in [2.75, 3.05) is 25.6 Å². The first kappa shape index (κ1) is 24.4. The van der Waals surface area contributed by atoms with E-state index in [1.54, 1.807) is 19.5 Å². The van der Waals surface area contributed by atoms with E-state index in [0.717, 1.165) is 4.88 Å². The molecule has 0 saturated carbocycles. The number of methoxy groups -OCH3 is 1. The Morgan fingerprint density at radius 1 is 1.26 bits per heavy atom. The zero-order valence-electron chi connectivity index (χ0n) is 18.2. The summed E-state index contributed by atoms with van der Waals surface area (Å²) >= 11 is 2.68. The number of aromatic nitrogens is 2. The van der Waals surface area contributed by atoms with Crippen LogP contribution in [-0.4, -0.2) is 55.6 Å². The molecule has 1 saturated heterocycles. The molecule has 1 aliphatic heterocycles. The molecule has 1 atom stereocenters. The highest BCUT2D eigenvalue weighted by Crippen LogP contribution is 2.24. The van der Waals surface area contributed by atoms with E-state index in [4.69, 9.17) is 14.3 Å². The van der Waals surface area contributed by atoms with E-state index in [0.29, 0.717) is 35.3 Å². The second kappa shape index (κ2) is 11.1. The molecule has 0 spiro atoms. The number of oxime groups is 1. The number of sulfone groups is 1. The second-order valence-electron chi connectivity index (χ2n) is 7.21. The van der Waals surface area contributed by atoms with Crippen molar-refractivity contribution in [1.29, 1.82) is 0 Å². The molecule has 1 fully saturated rings. The SMILES string of the molecule is COCc1cnc(NC(=O)/C(=N/OCc2nccs2)c2ccc(S(=O)(=O)[C@H]3CCOC3)cc2)s1. The van der Waals surface area contributed by atoms with Gasteiger partial charge in [-0.1, -0.05) is 28.6 Å². The van der Waals surface area contributed by atoms with Gasteiger partial charge in [0.15, 0.2) is 27.3 Å². The first-order valence-electron chi connectivity index (χ1n) is 10.2. The zero-order chi connectivity index (χ0) is 24.0. The Kier molecular flexibility index (Phi) is 8.00. The van der Waals surface area contributed by atoms with Gasteiger partial charge in [-0.05, 0) is 18.6 Å². The topological polar surface area (TPSA) is 129 Å². The molecule has 1 N–H and O–H groups in total. The molecule has 10 nitrogen and oxygen atoms in total. The molecular weight excluding hydrogens is 500 g/mol. The summed E-state index contributed by atoms with van der Waals surface area (Å²) in [5.74, 6) is -0.544. The van der Waals surface area contributed by atoms with Crippen LogP contribution in [0.3, 0.4) is 0 Å². The van der Waals surface area contributed by atoms with Crippen LogP contribution in [0.15, 0.2) is 52.1 Å². The third kappa shape index (κ3) is 5.85. The molecular formula is C21H22N4O6S3. The Bertz CT molecular complexity index is 1230. The largest absolute Gasteiger partial charge is 0.388 e. The molecule has 0 aliphatic carbocycles. The van der Waals surface area contributed by atoms with E-state index < -0.39 is 21.0 Å². The van der Waals surface area contributed by atoms with Crippen LogP contribution < -0.4 is 5.32 Å². The third-order valence-corrected chi connectivity index (χ3v) is 8.70. The van der Waals surface area contributed by atoms with E-state index in [2.05, 4.69) is 20.4 Å². The zero-order valence-corrected chi connectivity index (χ0v) is 20.6. The lowest BCUT2D eigenvalue weighted by molar-refractivity contribution is -0.110. The molecule has 13 heteroatoms. The molecule has 0 unspecified atom stereocenters. The van der Waals surface area contributed by atoms with Gasteiger partial charge in [0.25, 0.3) is 5.91 Å². The predicted molar refractivity (Wildman–Crippen MR) is 128 cm³/mol. The number of ether oxygens (including phenoxy) is 2. The van der Waals surface area contributed by atoms with Gasteiger partial charge < -0.3 is 14.3 Å². The van der Waals surface area contributed by atoms with Gasteiger partial charge in [0.1, 0.15) is 5.01 Å². The quantitative estimate of drug-likeness (QED) is 0.318. The number of thiazole rings is 2. The minimum Gasteiger partial charge on any atom is -0.388 e. The molecule has 0 radical (unpaired) electrons. The molecule has 1 aliphatic rings. The fraction of sp³-hybridized carbons (Fsp3) is 0.333. The minimum absolute atomic E-state index is 0.0202. The van der Waals surface area contributed by atoms with Gasteiger partial charge in [-0.2, -0.15) is 0 Å². The van der Waals surface area contributed by atoms with Crippen molar-refractivity contribution in [1.82, 2.24) is 9.97 Å². The number of hydrogen-bond donors (Lipinski definition) is 1. The fourth-order valence-corrected chi connectivity index (χ4v) is 6.07. The second-order valence-corrected chi connectivity index (χ2v) is 11.5. The maximum atomic E-state index is 13.0. The van der Waals surface area contributed by atoms with Gasteiger partial charge in [0.05, 0.1) is 28.2 Å². The van der Waals surface area contributed by atoms with Crippen molar-refractivity contribution >= 4 is 49.3 Å². The van der Waals surface area contributed by atoms with Crippen LogP contribution in [0.1, 0.15) is 21.9 Å². The fourth-order valence-electron chi connectivity index (χ4n) is 3.18. The number of carbonyl (C=O) groups is 1. The molecule has 1 amide bonds. The van der Waals surface area contributed by atoms with Crippen LogP contribution in [0.4, 0.5) is 5.13 Å². The minimum atomic E-state index is -3.52. The Morgan fingerprint density at radius 2 is 2.09 bits per heavy atom. The predicted octanol–water partition coefficient (Wildman–Crippen LogP) is 2.87. The number of nitrogens with one attached hydrogen (secondary N) is 1. The van der Waals surface area contributed by atoms with Crippen LogP contribution in [0, 0.1) is 0 Å². The molecule has 3 aromatic rings. The molecule has 180 valence electrons. The van der Waals surface area contributed by atoms with Crippen molar-refractivity contribution in [3.8, 4) is 0 Å². The monoisotopic (exact) mass is 522 g/mol. The first-order valence-corrected chi connectivity index (χ1v) is 13.5. The standard InChI is InChI=1S/C21H22N4O6S3/c1-29-11-15-10-23-21(33-15)24-20(26)19(25-31-13-18-22-7-9-32-18)14-2-4-16(5-3-14)34(27,28)17-6-8-30-12-17/h2-5,7,9-10,17H,6,8,11-13H2,1H3,(H,23,24,26)/b25-19+/t17-/m0/s1. The van der Waals surface area contributed by atoms with E-state index in [9.17, 15) is 13.2 Å². The Hall–Kier alpha value is -2.71. The molecule has 1 aromatic carbocycles. The summed E-state index contributed by atoms with van der Waals surface area (Å²) in [7, 11) is -1.95. The lowest BCUT2D eigenvalue weighted by Gasteiger charge is -2.11. The number of amides is 1. The van der Waals surface area contributed by atoms with Gasteiger partial charge in [0, 0.05) is 37.1 Å². The number of carbonyl (C=O) groups excluding carboxylic acids is 1. The molecule has 0 bridgehead atoms. The van der Waals surface area contributed by atoms with Crippen LogP contribution >= 0.6 is 22.7 Å². The van der Waals surface area contributed by atoms with Crippen LogP contribution in [0.2, 0.25) is 0 Å². The summed E-state index contributed by atoms with van der Waals surface area (Å²) < 4.78 is 35.9.